The maximum absolute atomic E-state index is 14.3. The Balaban J connectivity index is 1.55. The van der Waals surface area contributed by atoms with E-state index in [1.54, 1.807) is 28.9 Å². The van der Waals surface area contributed by atoms with Gasteiger partial charge in [-0.15, -0.1) is 5.10 Å². The number of ether oxygens (including phenoxy) is 1. The Morgan fingerprint density at radius 1 is 1.21 bits per heavy atom. The lowest BCUT2D eigenvalue weighted by Gasteiger charge is -2.45. The molecule has 5 rings (SSSR count). The predicted molar refractivity (Wildman–Crippen MR) is 148 cm³/mol. The second-order valence-electron chi connectivity index (χ2n) is 12.0. The highest BCUT2D eigenvalue weighted by atomic mass is 35.5. The molecular formula is C29H35ClF3N5O5. The summed E-state index contributed by atoms with van der Waals surface area (Å²) in [5, 5.41) is 17.7. The van der Waals surface area contributed by atoms with E-state index in [1.165, 1.54) is 0 Å². The zero-order valence-corrected chi connectivity index (χ0v) is 25.0. The molecule has 234 valence electrons. The number of amides is 2. The SMILES string of the molecule is CC1CCN(C[C@@H]2c3c(OCc4nnn(C)c4C(F)(F)F)ccc(Cl)c3CCN2C(=O)[C@@H]2CCCC[C@]2(C)C(=O)O)C1=O. The summed E-state index contributed by atoms with van der Waals surface area (Å²) < 4.78 is 47.7. The fourth-order valence-electron chi connectivity index (χ4n) is 6.82. The van der Waals surface area contributed by atoms with Gasteiger partial charge in [-0.2, -0.15) is 13.2 Å². The molecule has 0 radical (unpaired) electrons. The van der Waals surface area contributed by atoms with E-state index < -0.39 is 47.5 Å². The summed E-state index contributed by atoms with van der Waals surface area (Å²) in [5.41, 5.74) is -1.50. The van der Waals surface area contributed by atoms with E-state index in [-0.39, 0.29) is 36.6 Å². The zero-order valence-electron chi connectivity index (χ0n) is 24.3. The number of aliphatic carboxylic acids is 1. The molecule has 1 aromatic heterocycles. The monoisotopic (exact) mass is 625 g/mol. The van der Waals surface area contributed by atoms with Crippen LogP contribution in [0.3, 0.4) is 0 Å². The number of carbonyl (C=O) groups is 3. The van der Waals surface area contributed by atoms with E-state index in [4.69, 9.17) is 16.3 Å². The molecule has 2 fully saturated rings. The van der Waals surface area contributed by atoms with Crippen LogP contribution in [-0.4, -0.2) is 67.3 Å². The van der Waals surface area contributed by atoms with Crippen LogP contribution < -0.4 is 4.74 Å². The molecule has 2 aromatic rings. The predicted octanol–water partition coefficient (Wildman–Crippen LogP) is 4.64. The molecule has 0 spiro atoms. The minimum atomic E-state index is -4.70. The molecule has 0 bridgehead atoms. The minimum absolute atomic E-state index is 0.0635. The van der Waals surface area contributed by atoms with Gasteiger partial charge in [0.1, 0.15) is 18.1 Å². The number of rotatable bonds is 7. The number of aryl methyl sites for hydroxylation is 1. The largest absolute Gasteiger partial charge is 0.487 e. The minimum Gasteiger partial charge on any atom is -0.487 e. The summed E-state index contributed by atoms with van der Waals surface area (Å²) in [6, 6.07) is 2.39. The van der Waals surface area contributed by atoms with Crippen LogP contribution in [0.15, 0.2) is 12.1 Å². The average Bonchev–Trinajstić information content (AvgIpc) is 3.49. The molecule has 1 saturated carbocycles. The summed E-state index contributed by atoms with van der Waals surface area (Å²) >= 11 is 6.62. The molecule has 1 N–H and O–H groups in total. The number of fused-ring (bicyclic) bond motifs is 1. The summed E-state index contributed by atoms with van der Waals surface area (Å²) in [6.45, 7) is 3.75. The van der Waals surface area contributed by atoms with Crippen LogP contribution >= 0.6 is 11.6 Å². The van der Waals surface area contributed by atoms with E-state index in [2.05, 4.69) is 10.3 Å². The number of carboxylic acids is 1. The van der Waals surface area contributed by atoms with Crippen LogP contribution in [0.1, 0.15) is 74.5 Å². The highest BCUT2D eigenvalue weighted by Gasteiger charge is 2.50. The molecule has 43 heavy (non-hydrogen) atoms. The van der Waals surface area contributed by atoms with Gasteiger partial charge in [0.25, 0.3) is 0 Å². The Labute approximate surface area is 252 Å². The molecule has 10 nitrogen and oxygen atoms in total. The Bertz CT molecular complexity index is 1430. The Morgan fingerprint density at radius 3 is 2.60 bits per heavy atom. The number of nitrogens with zero attached hydrogens (tertiary/aromatic N) is 5. The highest BCUT2D eigenvalue weighted by molar-refractivity contribution is 6.31. The van der Waals surface area contributed by atoms with Gasteiger partial charge in [-0.05, 0) is 50.3 Å². The molecule has 1 unspecified atom stereocenters. The van der Waals surface area contributed by atoms with Crippen LogP contribution in [0.5, 0.6) is 5.75 Å². The second kappa shape index (κ2) is 11.6. The summed E-state index contributed by atoms with van der Waals surface area (Å²) in [7, 11) is 1.15. The first-order chi connectivity index (χ1) is 20.2. The molecule has 1 saturated heterocycles. The lowest BCUT2D eigenvalue weighted by Crippen LogP contribution is -2.52. The maximum atomic E-state index is 14.3. The van der Waals surface area contributed by atoms with Gasteiger partial charge < -0.3 is 19.6 Å². The van der Waals surface area contributed by atoms with Crippen molar-refractivity contribution in [3.8, 4) is 5.75 Å². The van der Waals surface area contributed by atoms with Crippen LogP contribution in [-0.2, 0) is 40.6 Å². The number of benzene rings is 1. The van der Waals surface area contributed by atoms with Crippen molar-refractivity contribution in [3.05, 3.63) is 39.7 Å². The second-order valence-corrected chi connectivity index (χ2v) is 12.4. The number of hydrogen-bond donors (Lipinski definition) is 1. The standard InChI is InChI=1S/C29H35ClF3N5O5/c1-16-9-12-37(25(16)39)14-21-23-17(10-13-38(21)26(40)18-6-4-5-11-28(18,2)27(41)42)19(30)7-8-22(23)43-15-20-24(29(31,32)33)36(3)35-34-20/h7-8,16,18,21H,4-6,9-15H2,1-3H3,(H,41,42)/t16?,18-,21+,28-/m0/s1. The first kappa shape index (κ1) is 31.1. The number of alkyl halides is 3. The van der Waals surface area contributed by atoms with Gasteiger partial charge in [0, 0.05) is 43.2 Å². The van der Waals surface area contributed by atoms with Crippen LogP contribution in [0.2, 0.25) is 5.02 Å². The molecule has 14 heteroatoms. The Morgan fingerprint density at radius 2 is 1.95 bits per heavy atom. The van der Waals surface area contributed by atoms with Crippen molar-refractivity contribution in [2.24, 2.45) is 24.3 Å². The third kappa shape index (κ3) is 5.67. The number of carbonyl (C=O) groups excluding carboxylic acids is 2. The topological polar surface area (TPSA) is 118 Å². The van der Waals surface area contributed by atoms with Gasteiger partial charge >= 0.3 is 12.1 Å². The van der Waals surface area contributed by atoms with Gasteiger partial charge in [-0.1, -0.05) is 36.6 Å². The average molecular weight is 626 g/mol. The fraction of sp³-hybridized carbons (Fsp3) is 0.621. The maximum Gasteiger partial charge on any atom is 0.435 e. The lowest BCUT2D eigenvalue weighted by atomic mass is 9.66. The fourth-order valence-corrected chi connectivity index (χ4v) is 7.08. The highest BCUT2D eigenvalue weighted by Crippen LogP contribution is 2.47. The van der Waals surface area contributed by atoms with Gasteiger partial charge in [0.05, 0.1) is 17.4 Å². The van der Waals surface area contributed by atoms with Crippen molar-refractivity contribution >= 4 is 29.4 Å². The number of halogens is 4. The van der Waals surface area contributed by atoms with Crippen molar-refractivity contribution in [3.63, 3.8) is 0 Å². The normalized spacial score (nSPS) is 26.0. The van der Waals surface area contributed by atoms with Crippen molar-refractivity contribution in [1.29, 1.82) is 0 Å². The summed E-state index contributed by atoms with van der Waals surface area (Å²) in [5.74, 6) is -2.16. The van der Waals surface area contributed by atoms with E-state index >= 15 is 0 Å². The van der Waals surface area contributed by atoms with E-state index in [9.17, 15) is 32.7 Å². The van der Waals surface area contributed by atoms with E-state index in [0.29, 0.717) is 59.5 Å². The van der Waals surface area contributed by atoms with Gasteiger partial charge in [-0.25, -0.2) is 4.68 Å². The van der Waals surface area contributed by atoms with Crippen molar-refractivity contribution < 1.29 is 37.4 Å². The Kier molecular flexibility index (Phi) is 8.40. The third-order valence-corrected chi connectivity index (χ3v) is 9.69. The number of likely N-dealkylation sites (tertiary alicyclic amines) is 1. The third-order valence-electron chi connectivity index (χ3n) is 9.34. The first-order valence-corrected chi connectivity index (χ1v) is 14.8. The zero-order chi connectivity index (χ0) is 31.3. The van der Waals surface area contributed by atoms with Gasteiger partial charge in [0.15, 0.2) is 5.69 Å². The molecule has 3 heterocycles. The molecule has 2 aliphatic heterocycles. The Hall–Kier alpha value is -3.35. The van der Waals surface area contributed by atoms with Crippen LogP contribution in [0.25, 0.3) is 0 Å². The van der Waals surface area contributed by atoms with Crippen LogP contribution in [0.4, 0.5) is 13.2 Å². The van der Waals surface area contributed by atoms with Gasteiger partial charge in [-0.3, -0.25) is 14.4 Å². The molecule has 3 aliphatic rings. The van der Waals surface area contributed by atoms with Crippen molar-refractivity contribution in [2.45, 2.75) is 71.2 Å². The van der Waals surface area contributed by atoms with Crippen molar-refractivity contribution in [1.82, 2.24) is 24.8 Å². The van der Waals surface area contributed by atoms with E-state index in [0.717, 1.165) is 13.5 Å². The van der Waals surface area contributed by atoms with Gasteiger partial charge in [0.2, 0.25) is 11.8 Å². The molecule has 1 aliphatic carbocycles. The number of carboxylic acid groups (broad SMARTS) is 1. The van der Waals surface area contributed by atoms with Crippen LogP contribution in [0, 0.1) is 17.3 Å². The van der Waals surface area contributed by atoms with Crippen molar-refractivity contribution in [2.75, 3.05) is 19.6 Å². The summed E-state index contributed by atoms with van der Waals surface area (Å²) in [6.07, 6.45) is -1.51. The van der Waals surface area contributed by atoms with E-state index in [1.807, 2.05) is 6.92 Å². The molecular weight excluding hydrogens is 591 g/mol. The first-order valence-electron chi connectivity index (χ1n) is 14.5. The number of aromatic nitrogens is 3. The molecule has 1 aromatic carbocycles. The summed E-state index contributed by atoms with van der Waals surface area (Å²) in [4.78, 5) is 43.0. The molecule has 2 amide bonds. The number of hydrogen-bond acceptors (Lipinski definition) is 6. The molecule has 4 atom stereocenters. The lowest BCUT2D eigenvalue weighted by molar-refractivity contribution is -0.162. The smallest absolute Gasteiger partial charge is 0.435 e. The quantitative estimate of drug-likeness (QED) is 0.476.